The van der Waals surface area contributed by atoms with Gasteiger partial charge in [-0.05, 0) is 25.9 Å². The van der Waals surface area contributed by atoms with E-state index in [0.717, 1.165) is 12.5 Å². The molecule has 2 unspecified atom stereocenters. The van der Waals surface area contributed by atoms with E-state index in [1.165, 1.54) is 0 Å². The zero-order valence-corrected chi connectivity index (χ0v) is 8.94. The molecule has 0 fully saturated rings. The number of nitriles is 1. The van der Waals surface area contributed by atoms with Crippen LogP contribution in [0.15, 0.2) is 0 Å². The number of ether oxygens (including phenoxy) is 1. The predicted molar refractivity (Wildman–Crippen MR) is 50.3 cm³/mol. The van der Waals surface area contributed by atoms with E-state index in [2.05, 4.69) is 6.07 Å². The summed E-state index contributed by atoms with van der Waals surface area (Å²) in [5, 5.41) is 8.42. The molecule has 0 aromatic carbocycles. The summed E-state index contributed by atoms with van der Waals surface area (Å²) in [7, 11) is -1.39. The summed E-state index contributed by atoms with van der Waals surface area (Å²) >= 11 is 0. The van der Waals surface area contributed by atoms with E-state index in [4.69, 9.17) is 14.8 Å². The monoisotopic (exact) mass is 187 g/mol. The lowest BCUT2D eigenvalue weighted by Gasteiger charge is -2.05. The second kappa shape index (κ2) is 7.29. The van der Waals surface area contributed by atoms with Crippen LogP contribution < -0.4 is 0 Å². The normalized spacial score (nSPS) is 15.2. The first-order valence-electron chi connectivity index (χ1n) is 4.32. The molecule has 70 valence electrons. The topological polar surface area (TPSA) is 53.2 Å². The van der Waals surface area contributed by atoms with Gasteiger partial charge >= 0.3 is 0 Å². The van der Waals surface area contributed by atoms with Crippen LogP contribution in [0.2, 0.25) is 12.6 Å². The standard InChI is InChI=1S/C8H17NO2Si/c1-8(6-9)7-11-4-3-5-12(2)10/h8,10,12H,3-5,7H2,1-2H3. The fraction of sp³-hybridized carbons (Fsp3) is 0.875. The molecule has 4 heteroatoms. The average molecular weight is 187 g/mol. The summed E-state index contributed by atoms with van der Waals surface area (Å²) in [4.78, 5) is 9.04. The maximum atomic E-state index is 9.04. The molecule has 0 aliphatic carbocycles. The Labute approximate surface area is 75.7 Å². The van der Waals surface area contributed by atoms with Gasteiger partial charge in [0.05, 0.1) is 18.6 Å². The largest absolute Gasteiger partial charge is 0.435 e. The van der Waals surface area contributed by atoms with Crippen LogP contribution in [0, 0.1) is 17.2 Å². The van der Waals surface area contributed by atoms with Gasteiger partial charge < -0.3 is 9.53 Å². The summed E-state index contributed by atoms with van der Waals surface area (Å²) in [6, 6.07) is 3.00. The minimum Gasteiger partial charge on any atom is -0.435 e. The molecule has 2 atom stereocenters. The molecule has 0 amide bonds. The molecule has 0 heterocycles. The number of rotatable bonds is 6. The molecule has 1 N–H and O–H groups in total. The Kier molecular flexibility index (Phi) is 7.06. The molecule has 0 bridgehead atoms. The van der Waals surface area contributed by atoms with Crippen LogP contribution in [0.4, 0.5) is 0 Å². The summed E-state index contributed by atoms with van der Waals surface area (Å²) in [6.07, 6.45) is 0.919. The van der Waals surface area contributed by atoms with Crippen molar-refractivity contribution in [1.82, 2.24) is 0 Å². The van der Waals surface area contributed by atoms with Gasteiger partial charge in [0.1, 0.15) is 0 Å². The van der Waals surface area contributed by atoms with Gasteiger partial charge in [-0.3, -0.25) is 0 Å². The van der Waals surface area contributed by atoms with Crippen molar-refractivity contribution in [3.05, 3.63) is 0 Å². The molecule has 3 nitrogen and oxygen atoms in total. The van der Waals surface area contributed by atoms with Crippen molar-refractivity contribution in [2.75, 3.05) is 13.2 Å². The van der Waals surface area contributed by atoms with Gasteiger partial charge in [-0.2, -0.15) is 5.26 Å². The van der Waals surface area contributed by atoms with E-state index in [0.29, 0.717) is 13.2 Å². The molecule has 0 aromatic rings. The van der Waals surface area contributed by atoms with E-state index in [-0.39, 0.29) is 5.92 Å². The van der Waals surface area contributed by atoms with E-state index in [9.17, 15) is 0 Å². The smallest absolute Gasteiger partial charge is 0.169 e. The third-order valence-electron chi connectivity index (χ3n) is 1.50. The molecule has 0 saturated heterocycles. The van der Waals surface area contributed by atoms with Gasteiger partial charge in [-0.15, -0.1) is 0 Å². The second-order valence-corrected chi connectivity index (χ2v) is 5.37. The molecule has 0 aliphatic rings. The summed E-state index contributed by atoms with van der Waals surface area (Å²) in [5.74, 6) is -0.0196. The molecular weight excluding hydrogens is 170 g/mol. The third kappa shape index (κ3) is 7.73. The van der Waals surface area contributed by atoms with Gasteiger partial charge in [0.2, 0.25) is 0 Å². The number of nitrogens with zero attached hydrogens (tertiary/aromatic N) is 1. The Morgan fingerprint density at radius 2 is 2.33 bits per heavy atom. The Bertz CT molecular complexity index is 144. The van der Waals surface area contributed by atoms with Crippen LogP contribution >= 0.6 is 0 Å². The third-order valence-corrected chi connectivity index (χ3v) is 2.74. The summed E-state index contributed by atoms with van der Waals surface area (Å²) in [6.45, 7) is 4.92. The maximum absolute atomic E-state index is 9.04. The van der Waals surface area contributed by atoms with Crippen LogP contribution in [0.3, 0.4) is 0 Å². The highest BCUT2D eigenvalue weighted by Gasteiger charge is 2.00. The van der Waals surface area contributed by atoms with E-state index in [1.807, 2.05) is 13.5 Å². The molecule has 0 aromatic heterocycles. The molecule has 0 saturated carbocycles. The van der Waals surface area contributed by atoms with Gasteiger partial charge in [-0.1, -0.05) is 0 Å². The fourth-order valence-electron chi connectivity index (χ4n) is 0.778. The van der Waals surface area contributed by atoms with Crippen molar-refractivity contribution in [3.8, 4) is 6.07 Å². The minimum atomic E-state index is -1.39. The lowest BCUT2D eigenvalue weighted by Crippen LogP contribution is -2.09. The highest BCUT2D eigenvalue weighted by Crippen LogP contribution is 1.97. The Hall–Kier alpha value is -0.373. The Morgan fingerprint density at radius 3 is 2.83 bits per heavy atom. The van der Waals surface area contributed by atoms with Gasteiger partial charge in [-0.25, -0.2) is 0 Å². The molecule has 0 aliphatic heterocycles. The maximum Gasteiger partial charge on any atom is 0.169 e. The molecule has 0 radical (unpaired) electrons. The summed E-state index contributed by atoms with van der Waals surface area (Å²) in [5.41, 5.74) is 0. The van der Waals surface area contributed by atoms with Crippen LogP contribution in [-0.2, 0) is 4.74 Å². The summed E-state index contributed by atoms with van der Waals surface area (Å²) < 4.78 is 5.23. The van der Waals surface area contributed by atoms with Crippen LogP contribution in [0.5, 0.6) is 0 Å². The zero-order chi connectivity index (χ0) is 9.40. The molecule has 0 spiro atoms. The van der Waals surface area contributed by atoms with E-state index in [1.54, 1.807) is 0 Å². The van der Waals surface area contributed by atoms with Gasteiger partial charge in [0, 0.05) is 6.61 Å². The van der Waals surface area contributed by atoms with Crippen molar-refractivity contribution in [1.29, 1.82) is 5.26 Å². The number of hydrogen-bond donors (Lipinski definition) is 1. The van der Waals surface area contributed by atoms with Crippen molar-refractivity contribution < 1.29 is 9.53 Å². The second-order valence-electron chi connectivity index (χ2n) is 3.10. The van der Waals surface area contributed by atoms with E-state index >= 15 is 0 Å². The molecule has 0 rings (SSSR count). The number of hydrogen-bond acceptors (Lipinski definition) is 3. The zero-order valence-electron chi connectivity index (χ0n) is 7.79. The van der Waals surface area contributed by atoms with E-state index < -0.39 is 9.04 Å². The fourth-order valence-corrected chi connectivity index (χ4v) is 1.54. The average Bonchev–Trinajstić information content (AvgIpc) is 2.03. The van der Waals surface area contributed by atoms with Crippen LogP contribution in [-0.4, -0.2) is 27.0 Å². The SMILES string of the molecule is CC(C#N)COCCC[SiH](C)O. The highest BCUT2D eigenvalue weighted by molar-refractivity contribution is 6.48. The van der Waals surface area contributed by atoms with Gasteiger partial charge in [0.15, 0.2) is 9.04 Å². The molecular formula is C8H17NO2Si. The first kappa shape index (κ1) is 11.6. The highest BCUT2D eigenvalue weighted by atomic mass is 28.3. The minimum absolute atomic E-state index is 0.0196. The lowest BCUT2D eigenvalue weighted by atomic mass is 10.2. The first-order chi connectivity index (χ1) is 5.66. The van der Waals surface area contributed by atoms with Crippen molar-refractivity contribution in [2.24, 2.45) is 5.92 Å². The van der Waals surface area contributed by atoms with Crippen LogP contribution in [0.1, 0.15) is 13.3 Å². The van der Waals surface area contributed by atoms with Crippen molar-refractivity contribution in [3.63, 3.8) is 0 Å². The van der Waals surface area contributed by atoms with Crippen LogP contribution in [0.25, 0.3) is 0 Å². The lowest BCUT2D eigenvalue weighted by molar-refractivity contribution is 0.119. The Balaban J connectivity index is 3.07. The molecule has 12 heavy (non-hydrogen) atoms. The predicted octanol–water partition coefficient (Wildman–Crippen LogP) is 0.899. The van der Waals surface area contributed by atoms with Gasteiger partial charge in [0.25, 0.3) is 0 Å². The Morgan fingerprint density at radius 1 is 1.67 bits per heavy atom. The first-order valence-corrected chi connectivity index (χ1v) is 6.81. The van der Waals surface area contributed by atoms with Crippen molar-refractivity contribution in [2.45, 2.75) is 25.9 Å². The van der Waals surface area contributed by atoms with Crippen molar-refractivity contribution >= 4 is 9.04 Å². The quantitative estimate of drug-likeness (QED) is 0.496.